The van der Waals surface area contributed by atoms with Crippen LogP contribution >= 0.6 is 0 Å². The molecule has 0 aliphatic carbocycles. The van der Waals surface area contributed by atoms with Gasteiger partial charge in [0.25, 0.3) is 0 Å². The van der Waals surface area contributed by atoms with Gasteiger partial charge in [0.15, 0.2) is 0 Å². The van der Waals surface area contributed by atoms with Gasteiger partial charge in [-0.1, -0.05) is 11.6 Å². The minimum absolute atomic E-state index is 0.000542. The normalized spacial score (nSPS) is 26.6. The lowest BCUT2D eigenvalue weighted by atomic mass is 10.1. The van der Waals surface area contributed by atoms with Crippen molar-refractivity contribution in [3.63, 3.8) is 0 Å². The van der Waals surface area contributed by atoms with Crippen LogP contribution < -0.4 is 5.32 Å². The number of nitrogens with one attached hydrogen (secondary N) is 1. The number of amides is 2. The number of likely N-dealkylation sites (N-methyl/N-ethyl adjacent to an activating group) is 1. The second-order valence-electron chi connectivity index (χ2n) is 6.36. The van der Waals surface area contributed by atoms with Crippen LogP contribution in [-0.4, -0.2) is 81.0 Å². The molecule has 126 valence electrons. The van der Waals surface area contributed by atoms with E-state index in [4.69, 9.17) is 9.47 Å². The zero-order valence-corrected chi connectivity index (χ0v) is 14.0. The molecule has 2 amide bonds. The van der Waals surface area contributed by atoms with Crippen LogP contribution in [0.2, 0.25) is 0 Å². The third-order valence-corrected chi connectivity index (χ3v) is 4.19. The van der Waals surface area contributed by atoms with Gasteiger partial charge in [-0.15, -0.1) is 0 Å². The summed E-state index contributed by atoms with van der Waals surface area (Å²) in [6.45, 7) is 9.33. The van der Waals surface area contributed by atoms with Crippen molar-refractivity contribution in [1.82, 2.24) is 15.1 Å². The van der Waals surface area contributed by atoms with Crippen molar-refractivity contribution in [2.75, 3.05) is 53.0 Å². The van der Waals surface area contributed by atoms with E-state index in [0.717, 1.165) is 32.6 Å². The van der Waals surface area contributed by atoms with Gasteiger partial charge in [0, 0.05) is 32.8 Å². The van der Waals surface area contributed by atoms with E-state index in [2.05, 4.69) is 37.2 Å². The molecule has 0 spiro atoms. The quantitative estimate of drug-likeness (QED) is 0.790. The number of piperazine rings is 1. The first-order chi connectivity index (χ1) is 10.6. The molecule has 2 aliphatic rings. The molecular formula is C16H29N3O3. The molecule has 22 heavy (non-hydrogen) atoms. The molecule has 2 saturated heterocycles. The van der Waals surface area contributed by atoms with Crippen molar-refractivity contribution in [3.05, 3.63) is 11.6 Å². The Balaban J connectivity index is 1.82. The summed E-state index contributed by atoms with van der Waals surface area (Å²) < 4.78 is 11.4. The van der Waals surface area contributed by atoms with Crippen molar-refractivity contribution in [1.29, 1.82) is 0 Å². The molecule has 2 unspecified atom stereocenters. The fraction of sp³-hybridized carbons (Fsp3) is 0.812. The van der Waals surface area contributed by atoms with E-state index < -0.39 is 0 Å². The average molecular weight is 311 g/mol. The maximum absolute atomic E-state index is 12.4. The summed E-state index contributed by atoms with van der Waals surface area (Å²) >= 11 is 0. The summed E-state index contributed by atoms with van der Waals surface area (Å²) in [6, 6.07) is -0.0640. The fourth-order valence-electron chi connectivity index (χ4n) is 2.65. The van der Waals surface area contributed by atoms with E-state index >= 15 is 0 Å². The van der Waals surface area contributed by atoms with Gasteiger partial charge in [0.2, 0.25) is 0 Å². The molecule has 2 fully saturated rings. The number of allylic oxidation sites excluding steroid dienone is 1. The molecule has 0 bridgehead atoms. The Bertz CT molecular complexity index is 388. The molecule has 6 heteroatoms. The number of ether oxygens (including phenoxy) is 2. The zero-order valence-electron chi connectivity index (χ0n) is 14.0. The highest BCUT2D eigenvalue weighted by molar-refractivity contribution is 5.74. The van der Waals surface area contributed by atoms with Crippen LogP contribution in [0.3, 0.4) is 0 Å². The Morgan fingerprint density at radius 1 is 1.32 bits per heavy atom. The Morgan fingerprint density at radius 2 is 2.05 bits per heavy atom. The van der Waals surface area contributed by atoms with E-state index in [0.29, 0.717) is 19.8 Å². The second-order valence-corrected chi connectivity index (χ2v) is 6.36. The monoisotopic (exact) mass is 311 g/mol. The summed E-state index contributed by atoms with van der Waals surface area (Å²) in [5.41, 5.74) is 1.24. The summed E-state index contributed by atoms with van der Waals surface area (Å²) in [5.74, 6) is 0. The summed E-state index contributed by atoms with van der Waals surface area (Å²) in [5, 5.41) is 3.09. The number of urea groups is 1. The molecule has 2 aliphatic heterocycles. The van der Waals surface area contributed by atoms with Gasteiger partial charge < -0.3 is 24.6 Å². The third kappa shape index (κ3) is 5.26. The molecular weight excluding hydrogens is 282 g/mol. The van der Waals surface area contributed by atoms with Crippen LogP contribution in [0.4, 0.5) is 4.79 Å². The molecule has 0 aromatic heterocycles. The highest BCUT2D eigenvalue weighted by Crippen LogP contribution is 2.13. The van der Waals surface area contributed by atoms with Crippen molar-refractivity contribution in [2.24, 2.45) is 0 Å². The first-order valence-corrected chi connectivity index (χ1v) is 8.13. The van der Waals surface area contributed by atoms with Crippen LogP contribution in [0.15, 0.2) is 11.6 Å². The van der Waals surface area contributed by atoms with E-state index in [1.54, 1.807) is 0 Å². The van der Waals surface area contributed by atoms with Gasteiger partial charge in [-0.3, -0.25) is 0 Å². The standard InChI is InChI=1S/C16H29N3O3/c1-13(2)4-11-22-15-5-10-21-12-14(15)17-16(20)19-8-6-18(3)7-9-19/h4,14-15H,5-12H2,1-3H3,(H,17,20). The minimum Gasteiger partial charge on any atom is -0.379 e. The molecule has 1 N–H and O–H groups in total. The number of hydrogen-bond acceptors (Lipinski definition) is 4. The number of nitrogens with zero attached hydrogens (tertiary/aromatic N) is 2. The van der Waals surface area contributed by atoms with Crippen LogP contribution in [0, 0.1) is 0 Å². The molecule has 2 heterocycles. The van der Waals surface area contributed by atoms with Crippen molar-refractivity contribution in [3.8, 4) is 0 Å². The first kappa shape index (κ1) is 17.2. The van der Waals surface area contributed by atoms with Gasteiger partial charge in [-0.25, -0.2) is 4.79 Å². The summed E-state index contributed by atoms with van der Waals surface area (Å²) in [4.78, 5) is 16.5. The van der Waals surface area contributed by atoms with E-state index in [1.807, 2.05) is 4.90 Å². The van der Waals surface area contributed by atoms with Crippen LogP contribution in [-0.2, 0) is 9.47 Å². The van der Waals surface area contributed by atoms with E-state index in [-0.39, 0.29) is 18.2 Å². The predicted octanol–water partition coefficient (Wildman–Crippen LogP) is 1.08. The van der Waals surface area contributed by atoms with Gasteiger partial charge in [0.1, 0.15) is 0 Å². The second kappa shape index (κ2) is 8.50. The average Bonchev–Trinajstić information content (AvgIpc) is 2.49. The molecule has 0 saturated carbocycles. The minimum atomic E-state index is -0.0635. The number of carbonyl (C=O) groups excluding carboxylic acids is 1. The molecule has 0 radical (unpaired) electrons. The Labute approximate surface area is 133 Å². The van der Waals surface area contributed by atoms with Gasteiger partial charge in [0.05, 0.1) is 25.4 Å². The van der Waals surface area contributed by atoms with Crippen molar-refractivity contribution < 1.29 is 14.3 Å². The molecule has 2 atom stereocenters. The Hall–Kier alpha value is -1.11. The third-order valence-electron chi connectivity index (χ3n) is 4.19. The van der Waals surface area contributed by atoms with Crippen molar-refractivity contribution in [2.45, 2.75) is 32.4 Å². The lowest BCUT2D eigenvalue weighted by molar-refractivity contribution is -0.0457. The maximum atomic E-state index is 12.4. The van der Waals surface area contributed by atoms with Gasteiger partial charge in [-0.05, 0) is 27.3 Å². The smallest absolute Gasteiger partial charge is 0.317 e. The molecule has 6 nitrogen and oxygen atoms in total. The van der Waals surface area contributed by atoms with Crippen molar-refractivity contribution >= 4 is 6.03 Å². The van der Waals surface area contributed by atoms with Crippen LogP contribution in [0.1, 0.15) is 20.3 Å². The number of rotatable bonds is 4. The molecule has 0 aromatic rings. The summed E-state index contributed by atoms with van der Waals surface area (Å²) in [7, 11) is 2.08. The SMILES string of the molecule is CC(C)=CCOC1CCOCC1NC(=O)N1CCN(C)CC1. The topological polar surface area (TPSA) is 54.0 Å². The predicted molar refractivity (Wildman–Crippen MR) is 86.0 cm³/mol. The first-order valence-electron chi connectivity index (χ1n) is 8.13. The van der Waals surface area contributed by atoms with Crippen LogP contribution in [0.5, 0.6) is 0 Å². The van der Waals surface area contributed by atoms with Gasteiger partial charge >= 0.3 is 6.03 Å². The van der Waals surface area contributed by atoms with E-state index in [9.17, 15) is 4.79 Å². The Kier molecular flexibility index (Phi) is 6.67. The zero-order chi connectivity index (χ0) is 15.9. The number of hydrogen-bond donors (Lipinski definition) is 1. The lowest BCUT2D eigenvalue weighted by Gasteiger charge is -2.36. The molecule has 2 rings (SSSR count). The van der Waals surface area contributed by atoms with E-state index in [1.165, 1.54) is 5.57 Å². The van der Waals surface area contributed by atoms with Gasteiger partial charge in [-0.2, -0.15) is 0 Å². The molecule has 0 aromatic carbocycles. The largest absolute Gasteiger partial charge is 0.379 e. The number of carbonyl (C=O) groups is 1. The Morgan fingerprint density at radius 3 is 2.73 bits per heavy atom. The highest BCUT2D eigenvalue weighted by Gasteiger charge is 2.29. The highest BCUT2D eigenvalue weighted by atomic mass is 16.5. The summed E-state index contributed by atoms with van der Waals surface area (Å²) in [6.07, 6.45) is 2.92. The fourth-order valence-corrected chi connectivity index (χ4v) is 2.65. The maximum Gasteiger partial charge on any atom is 0.317 e. The van der Waals surface area contributed by atoms with Crippen LogP contribution in [0.25, 0.3) is 0 Å². The lowest BCUT2D eigenvalue weighted by Crippen LogP contribution is -2.57.